The third kappa shape index (κ3) is 4.28. The normalized spacial score (nSPS) is 28.6. The van der Waals surface area contributed by atoms with Gasteiger partial charge in [0.05, 0.1) is 18.6 Å². The van der Waals surface area contributed by atoms with Crippen LogP contribution in [0.1, 0.15) is 33.6 Å². The molecule has 8 heteroatoms. The second kappa shape index (κ2) is 5.98. The quantitative estimate of drug-likeness (QED) is 0.800. The highest BCUT2D eigenvalue weighted by Crippen LogP contribution is 2.29. The fraction of sp³-hybridized carbons (Fsp3) is 0.857. The van der Waals surface area contributed by atoms with Crippen molar-refractivity contribution in [3.63, 3.8) is 0 Å². The molecule has 2 aliphatic rings. The van der Waals surface area contributed by atoms with Crippen molar-refractivity contribution in [2.45, 2.75) is 57.2 Å². The number of carbonyl (C=O) groups excluding carboxylic acids is 2. The largest absolute Gasteiger partial charge is 0.444 e. The summed E-state index contributed by atoms with van der Waals surface area (Å²) in [6, 6.07) is -0.918. The molecule has 6 nitrogen and oxygen atoms in total. The molecule has 0 aromatic carbocycles. The second-order valence-corrected chi connectivity index (χ2v) is 6.86. The first-order valence-corrected chi connectivity index (χ1v) is 7.45. The molecule has 0 spiro atoms. The van der Waals surface area contributed by atoms with E-state index in [0.29, 0.717) is 13.1 Å². The maximum atomic E-state index is 13.6. The maximum Gasteiger partial charge on any atom is 0.407 e. The molecule has 2 N–H and O–H groups in total. The number of carbonyl (C=O) groups is 2. The Kier molecular flexibility index (Phi) is 4.60. The first kappa shape index (κ1) is 16.9. The van der Waals surface area contributed by atoms with Gasteiger partial charge in [-0.1, -0.05) is 0 Å². The van der Waals surface area contributed by atoms with Gasteiger partial charge in [-0.3, -0.25) is 4.79 Å². The molecule has 0 aromatic rings. The topological polar surface area (TPSA) is 70.7 Å². The number of piperidine rings is 1. The van der Waals surface area contributed by atoms with E-state index >= 15 is 0 Å². The Labute approximate surface area is 128 Å². The zero-order valence-corrected chi connectivity index (χ0v) is 13.1. The molecule has 22 heavy (non-hydrogen) atoms. The van der Waals surface area contributed by atoms with Gasteiger partial charge in [0.1, 0.15) is 5.60 Å². The Morgan fingerprint density at radius 1 is 1.41 bits per heavy atom. The van der Waals surface area contributed by atoms with E-state index in [1.165, 1.54) is 4.90 Å². The van der Waals surface area contributed by atoms with Crippen LogP contribution in [0.25, 0.3) is 0 Å². The smallest absolute Gasteiger partial charge is 0.407 e. The zero-order valence-electron chi connectivity index (χ0n) is 13.1. The molecule has 2 saturated heterocycles. The van der Waals surface area contributed by atoms with Crippen LogP contribution in [0.5, 0.6) is 0 Å². The van der Waals surface area contributed by atoms with Gasteiger partial charge in [-0.15, -0.1) is 0 Å². The summed E-state index contributed by atoms with van der Waals surface area (Å²) in [6.07, 6.45) is -1.18. The molecule has 2 atom stereocenters. The van der Waals surface area contributed by atoms with Crippen LogP contribution >= 0.6 is 0 Å². The predicted molar refractivity (Wildman–Crippen MR) is 75.7 cm³/mol. The van der Waals surface area contributed by atoms with Crippen LogP contribution in [0.15, 0.2) is 0 Å². The summed E-state index contributed by atoms with van der Waals surface area (Å²) in [5.41, 5.74) is -0.639. The van der Waals surface area contributed by atoms with Crippen molar-refractivity contribution in [3.8, 4) is 0 Å². The number of alkyl halides is 2. The molecule has 126 valence electrons. The van der Waals surface area contributed by atoms with E-state index < -0.39 is 42.7 Å². The lowest BCUT2D eigenvalue weighted by Gasteiger charge is -2.38. The molecule has 0 aromatic heterocycles. The highest BCUT2D eigenvalue weighted by Gasteiger charge is 2.45. The monoisotopic (exact) mass is 319 g/mol. The van der Waals surface area contributed by atoms with Crippen LogP contribution in [-0.2, 0) is 9.53 Å². The molecule has 0 bridgehead atoms. The summed E-state index contributed by atoms with van der Waals surface area (Å²) in [6.45, 7) is 5.43. The minimum absolute atomic E-state index is 0.164. The predicted octanol–water partition coefficient (Wildman–Crippen LogP) is 1.11. The van der Waals surface area contributed by atoms with Gasteiger partial charge in [0.2, 0.25) is 5.91 Å². The molecule has 0 saturated carbocycles. The lowest BCUT2D eigenvalue weighted by Crippen LogP contribution is -2.58. The van der Waals surface area contributed by atoms with Gasteiger partial charge in [-0.05, 0) is 20.8 Å². The van der Waals surface area contributed by atoms with Crippen LogP contribution in [0, 0.1) is 0 Å². The molecule has 2 rings (SSSR count). The van der Waals surface area contributed by atoms with E-state index in [-0.39, 0.29) is 12.3 Å². The van der Waals surface area contributed by atoms with Gasteiger partial charge in [-0.2, -0.15) is 0 Å². The highest BCUT2D eigenvalue weighted by atomic mass is 19.3. The number of rotatable bonds is 2. The minimum atomic E-state index is -2.87. The number of halogens is 2. The average molecular weight is 319 g/mol. The Balaban J connectivity index is 2.01. The Morgan fingerprint density at radius 2 is 2.09 bits per heavy atom. The molecular formula is C14H23F2N3O3. The van der Waals surface area contributed by atoms with Crippen molar-refractivity contribution < 1.29 is 23.1 Å². The Bertz CT molecular complexity index is 451. The summed E-state index contributed by atoms with van der Waals surface area (Å²) < 4.78 is 32.3. The van der Waals surface area contributed by atoms with Gasteiger partial charge in [0.25, 0.3) is 5.92 Å². The van der Waals surface area contributed by atoms with E-state index in [0.717, 1.165) is 0 Å². The van der Waals surface area contributed by atoms with Gasteiger partial charge in [0.15, 0.2) is 0 Å². The van der Waals surface area contributed by atoms with Crippen molar-refractivity contribution >= 4 is 12.0 Å². The fourth-order valence-electron chi connectivity index (χ4n) is 2.75. The summed E-state index contributed by atoms with van der Waals surface area (Å²) in [4.78, 5) is 25.0. The van der Waals surface area contributed by atoms with E-state index in [1.807, 2.05) is 0 Å². The number of likely N-dealkylation sites (tertiary alicyclic amines) is 1. The number of amides is 2. The van der Waals surface area contributed by atoms with Crippen LogP contribution in [0.4, 0.5) is 13.6 Å². The van der Waals surface area contributed by atoms with Crippen molar-refractivity contribution in [1.82, 2.24) is 15.5 Å². The molecule has 2 heterocycles. The van der Waals surface area contributed by atoms with E-state index in [1.54, 1.807) is 20.8 Å². The molecule has 2 unspecified atom stereocenters. The van der Waals surface area contributed by atoms with Crippen molar-refractivity contribution in [2.75, 3.05) is 19.6 Å². The van der Waals surface area contributed by atoms with Gasteiger partial charge < -0.3 is 20.3 Å². The van der Waals surface area contributed by atoms with Crippen LogP contribution in [-0.4, -0.2) is 60.1 Å². The van der Waals surface area contributed by atoms with Crippen molar-refractivity contribution in [2.24, 2.45) is 0 Å². The third-order valence-corrected chi connectivity index (χ3v) is 3.71. The second-order valence-electron chi connectivity index (χ2n) is 6.86. The van der Waals surface area contributed by atoms with Crippen LogP contribution < -0.4 is 10.6 Å². The highest BCUT2D eigenvalue weighted by molar-refractivity contribution is 5.78. The van der Waals surface area contributed by atoms with Gasteiger partial charge in [0, 0.05) is 25.9 Å². The van der Waals surface area contributed by atoms with Crippen molar-refractivity contribution in [1.29, 1.82) is 0 Å². The molecular weight excluding hydrogens is 296 g/mol. The van der Waals surface area contributed by atoms with Gasteiger partial charge in [-0.25, -0.2) is 13.6 Å². The number of nitrogens with zero attached hydrogens (tertiary/aromatic N) is 1. The van der Waals surface area contributed by atoms with E-state index in [4.69, 9.17) is 4.74 Å². The summed E-state index contributed by atoms with van der Waals surface area (Å²) in [5, 5.41) is 5.70. The summed E-state index contributed by atoms with van der Waals surface area (Å²) in [5.74, 6) is -3.16. The SMILES string of the molecule is CC(C)(C)OC(=O)NC1CNCC1N1CC(F)(F)CCC1=O. The first-order valence-electron chi connectivity index (χ1n) is 7.45. The summed E-state index contributed by atoms with van der Waals surface area (Å²) >= 11 is 0. The van der Waals surface area contributed by atoms with Gasteiger partial charge >= 0.3 is 6.09 Å². The zero-order chi connectivity index (χ0) is 16.5. The maximum absolute atomic E-state index is 13.6. The first-order chi connectivity index (χ1) is 10.1. The van der Waals surface area contributed by atoms with Crippen molar-refractivity contribution in [3.05, 3.63) is 0 Å². The van der Waals surface area contributed by atoms with E-state index in [9.17, 15) is 18.4 Å². The number of ether oxygens (including phenoxy) is 1. The van der Waals surface area contributed by atoms with Crippen LogP contribution in [0.2, 0.25) is 0 Å². The number of nitrogens with one attached hydrogen (secondary N) is 2. The molecule has 0 aliphatic carbocycles. The lowest BCUT2D eigenvalue weighted by atomic mass is 10.0. The molecule has 2 aliphatic heterocycles. The standard InChI is InChI=1S/C14H23F2N3O3/c1-13(2,3)22-12(21)18-9-6-17-7-10(9)19-8-14(15,16)5-4-11(19)20/h9-10,17H,4-8H2,1-3H3,(H,18,21). The number of hydrogen-bond acceptors (Lipinski definition) is 4. The number of alkyl carbamates (subject to hydrolysis) is 1. The third-order valence-electron chi connectivity index (χ3n) is 3.71. The molecule has 2 fully saturated rings. The number of hydrogen-bond donors (Lipinski definition) is 2. The lowest BCUT2D eigenvalue weighted by molar-refractivity contribution is -0.151. The Morgan fingerprint density at radius 3 is 2.73 bits per heavy atom. The summed E-state index contributed by atoms with van der Waals surface area (Å²) in [7, 11) is 0. The van der Waals surface area contributed by atoms with Crippen LogP contribution in [0.3, 0.4) is 0 Å². The Hall–Kier alpha value is -1.44. The molecule has 2 amide bonds. The molecule has 0 radical (unpaired) electrons. The van der Waals surface area contributed by atoms with E-state index in [2.05, 4.69) is 10.6 Å². The minimum Gasteiger partial charge on any atom is -0.444 e. The average Bonchev–Trinajstić information content (AvgIpc) is 2.77. The fourth-order valence-corrected chi connectivity index (χ4v) is 2.75.